The van der Waals surface area contributed by atoms with Gasteiger partial charge >= 0.3 is 0 Å². The Labute approximate surface area is 119 Å². The molecule has 0 aliphatic carbocycles. The molecule has 1 unspecified atom stereocenters. The van der Waals surface area contributed by atoms with Crippen molar-refractivity contribution in [2.45, 2.75) is 19.9 Å². The molecule has 0 heterocycles. The predicted molar refractivity (Wildman–Crippen MR) is 76.0 cm³/mol. The van der Waals surface area contributed by atoms with Crippen LogP contribution in [-0.2, 0) is 0 Å². The Morgan fingerprint density at radius 1 is 1.11 bits per heavy atom. The van der Waals surface area contributed by atoms with Crippen LogP contribution in [0.2, 0.25) is 0 Å². The van der Waals surface area contributed by atoms with E-state index in [-0.39, 0.29) is 5.56 Å². The van der Waals surface area contributed by atoms with Gasteiger partial charge < -0.3 is 5.73 Å². The lowest BCUT2D eigenvalue weighted by atomic mass is 9.96. The van der Waals surface area contributed by atoms with E-state index < -0.39 is 17.7 Å². The number of hydrogen-bond acceptors (Lipinski definition) is 1. The molecule has 0 radical (unpaired) electrons. The van der Waals surface area contributed by atoms with Crippen LogP contribution in [0.15, 0.2) is 34.8 Å². The lowest BCUT2D eigenvalue weighted by molar-refractivity contribution is 0.538. The van der Waals surface area contributed by atoms with Crippen LogP contribution in [0.25, 0.3) is 0 Å². The first-order chi connectivity index (χ1) is 8.90. The van der Waals surface area contributed by atoms with Gasteiger partial charge in [0.2, 0.25) is 0 Å². The molecule has 100 valence electrons. The first kappa shape index (κ1) is 14.2. The third-order valence-electron chi connectivity index (χ3n) is 3.05. The van der Waals surface area contributed by atoms with Crippen molar-refractivity contribution in [2.75, 3.05) is 0 Å². The molecular weight excluding hydrogens is 312 g/mol. The maximum Gasteiger partial charge on any atom is 0.134 e. The number of halogens is 3. The van der Waals surface area contributed by atoms with E-state index in [4.69, 9.17) is 5.73 Å². The number of aryl methyl sites for hydroxylation is 2. The molecular formula is C15H14BrF2N. The zero-order valence-corrected chi connectivity index (χ0v) is 12.3. The monoisotopic (exact) mass is 325 g/mol. The van der Waals surface area contributed by atoms with E-state index in [1.165, 1.54) is 12.1 Å². The predicted octanol–water partition coefficient (Wildman–Crippen LogP) is 4.39. The largest absolute Gasteiger partial charge is 0.320 e. The Kier molecular flexibility index (Phi) is 4.02. The van der Waals surface area contributed by atoms with Crippen molar-refractivity contribution < 1.29 is 8.78 Å². The van der Waals surface area contributed by atoms with E-state index in [9.17, 15) is 8.78 Å². The first-order valence-corrected chi connectivity index (χ1v) is 6.66. The summed E-state index contributed by atoms with van der Waals surface area (Å²) in [4.78, 5) is 0. The van der Waals surface area contributed by atoms with Crippen molar-refractivity contribution in [3.05, 3.63) is 68.7 Å². The Hall–Kier alpha value is -1.26. The molecule has 0 aromatic heterocycles. The highest BCUT2D eigenvalue weighted by atomic mass is 79.9. The van der Waals surface area contributed by atoms with E-state index in [1.807, 2.05) is 19.1 Å². The molecule has 2 aromatic carbocycles. The number of hydrogen-bond donors (Lipinski definition) is 1. The van der Waals surface area contributed by atoms with Gasteiger partial charge in [-0.05, 0) is 48.7 Å². The Bertz CT molecular complexity index is 606. The molecule has 0 bridgehead atoms. The van der Waals surface area contributed by atoms with Gasteiger partial charge in [0, 0.05) is 10.0 Å². The fourth-order valence-corrected chi connectivity index (χ4v) is 2.70. The van der Waals surface area contributed by atoms with Crippen molar-refractivity contribution in [1.29, 1.82) is 0 Å². The van der Waals surface area contributed by atoms with Crippen molar-refractivity contribution in [1.82, 2.24) is 0 Å². The first-order valence-electron chi connectivity index (χ1n) is 5.87. The lowest BCUT2D eigenvalue weighted by Crippen LogP contribution is -2.16. The molecule has 1 nitrogen and oxygen atoms in total. The summed E-state index contributed by atoms with van der Waals surface area (Å²) in [6.45, 7) is 3.50. The second-order valence-electron chi connectivity index (χ2n) is 4.63. The third-order valence-corrected chi connectivity index (χ3v) is 3.51. The topological polar surface area (TPSA) is 26.0 Å². The summed E-state index contributed by atoms with van der Waals surface area (Å²) >= 11 is 3.36. The second-order valence-corrected chi connectivity index (χ2v) is 5.55. The second kappa shape index (κ2) is 5.39. The van der Waals surface area contributed by atoms with Crippen LogP contribution >= 0.6 is 15.9 Å². The molecule has 0 saturated heterocycles. The number of rotatable bonds is 2. The van der Waals surface area contributed by atoms with Crippen LogP contribution in [0.5, 0.6) is 0 Å². The highest BCUT2D eigenvalue weighted by Crippen LogP contribution is 2.29. The van der Waals surface area contributed by atoms with Gasteiger partial charge in [-0.1, -0.05) is 28.1 Å². The summed E-state index contributed by atoms with van der Waals surface area (Å²) in [5, 5.41) is 0. The zero-order valence-electron chi connectivity index (χ0n) is 10.7. The summed E-state index contributed by atoms with van der Waals surface area (Å²) in [7, 11) is 0. The van der Waals surface area contributed by atoms with Crippen molar-refractivity contribution in [2.24, 2.45) is 5.73 Å². The van der Waals surface area contributed by atoms with E-state index in [0.29, 0.717) is 11.1 Å². The molecule has 19 heavy (non-hydrogen) atoms. The summed E-state index contributed by atoms with van der Waals surface area (Å²) in [6.07, 6.45) is 0. The average molecular weight is 326 g/mol. The minimum absolute atomic E-state index is 0.0856. The van der Waals surface area contributed by atoms with Gasteiger partial charge in [0.15, 0.2) is 0 Å². The van der Waals surface area contributed by atoms with Gasteiger partial charge in [-0.3, -0.25) is 0 Å². The highest BCUT2D eigenvalue weighted by molar-refractivity contribution is 9.10. The minimum Gasteiger partial charge on any atom is -0.320 e. The van der Waals surface area contributed by atoms with Crippen molar-refractivity contribution in [3.8, 4) is 0 Å². The van der Waals surface area contributed by atoms with Crippen molar-refractivity contribution in [3.63, 3.8) is 0 Å². The molecule has 4 heteroatoms. The molecule has 2 N–H and O–H groups in total. The normalized spacial score (nSPS) is 12.5. The standard InChI is InChI=1S/C15H14BrF2N/c1-8-5-10(7-11(16)6-8)15(19)13-12(17)4-3-9(2)14(13)18/h3-7,15H,19H2,1-2H3. The fraction of sp³-hybridized carbons (Fsp3) is 0.200. The van der Waals surface area contributed by atoms with Crippen LogP contribution in [0.1, 0.15) is 28.3 Å². The van der Waals surface area contributed by atoms with Crippen LogP contribution in [0.4, 0.5) is 8.78 Å². The zero-order chi connectivity index (χ0) is 14.2. The van der Waals surface area contributed by atoms with Gasteiger partial charge in [0.25, 0.3) is 0 Å². The van der Waals surface area contributed by atoms with Gasteiger partial charge in [-0.2, -0.15) is 0 Å². The molecule has 0 spiro atoms. The quantitative estimate of drug-likeness (QED) is 0.870. The fourth-order valence-electron chi connectivity index (χ4n) is 2.07. The van der Waals surface area contributed by atoms with Gasteiger partial charge in [-0.25, -0.2) is 8.78 Å². The number of benzene rings is 2. The van der Waals surface area contributed by atoms with E-state index >= 15 is 0 Å². The SMILES string of the molecule is Cc1cc(Br)cc(C(N)c2c(F)ccc(C)c2F)c1. The molecule has 2 rings (SSSR count). The van der Waals surface area contributed by atoms with Gasteiger partial charge in [0.05, 0.1) is 6.04 Å². The van der Waals surface area contributed by atoms with Crippen LogP contribution in [0.3, 0.4) is 0 Å². The van der Waals surface area contributed by atoms with Gasteiger partial charge in [0.1, 0.15) is 11.6 Å². The highest BCUT2D eigenvalue weighted by Gasteiger charge is 2.20. The van der Waals surface area contributed by atoms with Crippen molar-refractivity contribution >= 4 is 15.9 Å². The van der Waals surface area contributed by atoms with Gasteiger partial charge in [-0.15, -0.1) is 0 Å². The van der Waals surface area contributed by atoms with Crippen LogP contribution < -0.4 is 5.73 Å². The maximum absolute atomic E-state index is 14.1. The molecule has 0 aliphatic heterocycles. The summed E-state index contributed by atoms with van der Waals surface area (Å²) in [6, 6.07) is 7.36. The summed E-state index contributed by atoms with van der Waals surface area (Å²) in [5.41, 5.74) is 7.98. The molecule has 0 amide bonds. The molecule has 0 aliphatic rings. The molecule has 0 fully saturated rings. The van der Waals surface area contributed by atoms with Crippen LogP contribution in [0, 0.1) is 25.5 Å². The van der Waals surface area contributed by atoms with E-state index in [2.05, 4.69) is 15.9 Å². The Morgan fingerprint density at radius 3 is 2.42 bits per heavy atom. The average Bonchev–Trinajstić information content (AvgIpc) is 2.33. The lowest BCUT2D eigenvalue weighted by Gasteiger charge is -2.16. The smallest absolute Gasteiger partial charge is 0.134 e. The minimum atomic E-state index is -0.823. The van der Waals surface area contributed by atoms with E-state index in [1.54, 1.807) is 13.0 Å². The summed E-state index contributed by atoms with van der Waals surface area (Å²) in [5.74, 6) is -1.20. The third kappa shape index (κ3) is 2.85. The number of nitrogens with two attached hydrogens (primary N) is 1. The maximum atomic E-state index is 14.1. The Morgan fingerprint density at radius 2 is 1.79 bits per heavy atom. The van der Waals surface area contributed by atoms with Crippen LogP contribution in [-0.4, -0.2) is 0 Å². The van der Waals surface area contributed by atoms with E-state index in [0.717, 1.165) is 10.0 Å². The molecule has 0 saturated carbocycles. The Balaban J connectivity index is 2.55. The molecule has 1 atom stereocenters. The molecule has 2 aromatic rings. The summed E-state index contributed by atoms with van der Waals surface area (Å²) < 4.78 is 28.7.